The maximum atomic E-state index is 12.2. The van der Waals surface area contributed by atoms with Crippen LogP contribution in [0.2, 0.25) is 0 Å². The van der Waals surface area contributed by atoms with Crippen molar-refractivity contribution in [2.75, 3.05) is 0 Å². The van der Waals surface area contributed by atoms with Crippen molar-refractivity contribution in [3.05, 3.63) is 82.9 Å². The van der Waals surface area contributed by atoms with Crippen molar-refractivity contribution in [3.63, 3.8) is 0 Å². The molecule has 32 heavy (non-hydrogen) atoms. The number of fused-ring (bicyclic) bond motifs is 2. The number of aliphatic hydroxyl groups is 1. The zero-order valence-corrected chi connectivity index (χ0v) is 18.0. The molecule has 1 N–H and O–H groups in total. The van der Waals surface area contributed by atoms with Crippen molar-refractivity contribution in [1.82, 2.24) is 14.8 Å². The Morgan fingerprint density at radius 2 is 2.03 bits per heavy atom. The molecule has 6 rings (SSSR count). The van der Waals surface area contributed by atoms with Gasteiger partial charge in [0.05, 0.1) is 41.0 Å². The minimum atomic E-state index is -0.753. The molecule has 0 unspecified atom stereocenters. The third-order valence-electron chi connectivity index (χ3n) is 7.99. The highest BCUT2D eigenvalue weighted by Crippen LogP contribution is 2.66. The van der Waals surface area contributed by atoms with Crippen molar-refractivity contribution < 1.29 is 5.11 Å². The van der Waals surface area contributed by atoms with Gasteiger partial charge in [-0.3, -0.25) is 4.98 Å². The summed E-state index contributed by atoms with van der Waals surface area (Å²) in [5.74, 6) is 0.530. The molecule has 0 radical (unpaired) electrons. The Bertz CT molecular complexity index is 1250. The molecule has 3 aliphatic carbocycles. The van der Waals surface area contributed by atoms with Gasteiger partial charge in [0.2, 0.25) is 0 Å². The van der Waals surface area contributed by atoms with E-state index in [-0.39, 0.29) is 5.41 Å². The summed E-state index contributed by atoms with van der Waals surface area (Å²) in [4.78, 5) is 4.25. The number of hydrogen-bond donors (Lipinski definition) is 1. The molecular weight excluding hydrogens is 396 g/mol. The first-order valence-electron chi connectivity index (χ1n) is 11.5. The molecule has 0 bridgehead atoms. The largest absolute Gasteiger partial charge is 0.389 e. The average molecular weight is 423 g/mol. The molecule has 0 spiro atoms. The molecule has 160 valence electrons. The molecule has 2 heterocycles. The van der Waals surface area contributed by atoms with Gasteiger partial charge in [-0.25, -0.2) is 4.68 Å². The van der Waals surface area contributed by atoms with Crippen LogP contribution < -0.4 is 0 Å². The number of rotatable bonds is 5. The Morgan fingerprint density at radius 1 is 1.16 bits per heavy atom. The van der Waals surface area contributed by atoms with Gasteiger partial charge in [0, 0.05) is 11.6 Å². The van der Waals surface area contributed by atoms with E-state index in [1.54, 1.807) is 6.20 Å². The second-order valence-electron chi connectivity index (χ2n) is 9.57. The van der Waals surface area contributed by atoms with Crippen LogP contribution >= 0.6 is 0 Å². The predicted octanol–water partition coefficient (Wildman–Crippen LogP) is 4.63. The minimum Gasteiger partial charge on any atom is -0.389 e. The molecule has 0 amide bonds. The van der Waals surface area contributed by atoms with E-state index in [2.05, 4.69) is 22.2 Å². The molecule has 2 fully saturated rings. The minimum absolute atomic E-state index is 0.204. The lowest BCUT2D eigenvalue weighted by molar-refractivity contribution is -0.0661. The van der Waals surface area contributed by atoms with Gasteiger partial charge in [0.1, 0.15) is 0 Å². The van der Waals surface area contributed by atoms with Gasteiger partial charge in [-0.1, -0.05) is 23.8 Å². The number of hydrogen-bond acceptors (Lipinski definition) is 4. The van der Waals surface area contributed by atoms with Gasteiger partial charge in [0.15, 0.2) is 0 Å². The molecule has 5 heteroatoms. The Labute approximate surface area is 188 Å². The van der Waals surface area contributed by atoms with E-state index in [1.807, 2.05) is 53.5 Å². The Balaban J connectivity index is 1.37. The molecule has 0 saturated heterocycles. The zero-order chi connectivity index (χ0) is 21.8. The standard InChI is InChI=1S/C27H26N4O/c28-16-20-5-2-1-4-19(20)9-11-26(32)12-10-23-14-25-21(15-27(23,26)22-7-8-22)17-30-31(25)24-6-3-13-29-18-24/h1-6,13-14,17-18,22,32H,7-12,15H2/t26-,27+/m0/s1. The summed E-state index contributed by atoms with van der Waals surface area (Å²) in [6.45, 7) is 0. The second-order valence-corrected chi connectivity index (χ2v) is 9.57. The van der Waals surface area contributed by atoms with Crippen molar-refractivity contribution in [1.29, 1.82) is 5.26 Å². The SMILES string of the molecule is N#Cc1ccccc1CC[C@]1(O)CCC2=Cc3c(cnn3-c3cccnc3)C[C@@]21C1CC1. The number of pyridine rings is 1. The molecule has 1 aromatic carbocycles. The van der Waals surface area contributed by atoms with Crippen molar-refractivity contribution >= 4 is 6.08 Å². The van der Waals surface area contributed by atoms with Crippen LogP contribution in [0.1, 0.15) is 54.5 Å². The first kappa shape index (κ1) is 19.5. The van der Waals surface area contributed by atoms with E-state index in [4.69, 9.17) is 0 Å². The van der Waals surface area contributed by atoms with Crippen LogP contribution in [0.3, 0.4) is 0 Å². The van der Waals surface area contributed by atoms with E-state index < -0.39 is 5.60 Å². The number of benzene rings is 1. The molecule has 0 aliphatic heterocycles. The third-order valence-corrected chi connectivity index (χ3v) is 7.99. The Hall–Kier alpha value is -3.23. The van der Waals surface area contributed by atoms with Crippen molar-refractivity contribution in [3.8, 4) is 11.8 Å². The first-order chi connectivity index (χ1) is 15.6. The quantitative estimate of drug-likeness (QED) is 0.650. The number of aryl methyl sites for hydroxylation is 1. The highest BCUT2D eigenvalue weighted by atomic mass is 16.3. The van der Waals surface area contributed by atoms with Crippen LogP contribution in [-0.4, -0.2) is 25.5 Å². The molecular formula is C27H26N4O. The summed E-state index contributed by atoms with van der Waals surface area (Å²) in [6, 6.07) is 14.0. The van der Waals surface area contributed by atoms with Crippen LogP contribution in [0.25, 0.3) is 11.8 Å². The van der Waals surface area contributed by atoms with Gasteiger partial charge >= 0.3 is 0 Å². The summed E-state index contributed by atoms with van der Waals surface area (Å²) in [5.41, 5.74) is 5.48. The fraction of sp³-hybridized carbons (Fsp3) is 0.370. The summed E-state index contributed by atoms with van der Waals surface area (Å²) in [6.07, 6.45) is 14.2. The highest BCUT2D eigenvalue weighted by Gasteiger charge is 2.63. The van der Waals surface area contributed by atoms with Crippen LogP contribution in [-0.2, 0) is 12.8 Å². The third kappa shape index (κ3) is 2.79. The van der Waals surface area contributed by atoms with Gasteiger partial charge < -0.3 is 5.11 Å². The monoisotopic (exact) mass is 422 g/mol. The molecule has 2 atom stereocenters. The van der Waals surface area contributed by atoms with Gasteiger partial charge in [-0.2, -0.15) is 10.4 Å². The lowest BCUT2D eigenvalue weighted by Gasteiger charge is -2.46. The topological polar surface area (TPSA) is 74.7 Å². The van der Waals surface area contributed by atoms with E-state index >= 15 is 0 Å². The number of nitriles is 1. The van der Waals surface area contributed by atoms with Crippen LogP contribution in [0.4, 0.5) is 0 Å². The van der Waals surface area contributed by atoms with E-state index in [0.717, 1.165) is 42.6 Å². The summed E-state index contributed by atoms with van der Waals surface area (Å²) in [7, 11) is 0. The Kier molecular flexibility index (Phi) is 4.34. The zero-order valence-electron chi connectivity index (χ0n) is 18.0. The maximum Gasteiger partial charge on any atom is 0.0994 e. The van der Waals surface area contributed by atoms with Gasteiger partial charge in [-0.05, 0) is 86.3 Å². The smallest absolute Gasteiger partial charge is 0.0994 e. The van der Waals surface area contributed by atoms with E-state index in [1.165, 1.54) is 24.0 Å². The normalized spacial score (nSPS) is 26.2. The van der Waals surface area contributed by atoms with E-state index in [9.17, 15) is 10.4 Å². The second kappa shape index (κ2) is 7.15. The summed E-state index contributed by atoms with van der Waals surface area (Å²) in [5, 5.41) is 26.3. The highest BCUT2D eigenvalue weighted by molar-refractivity contribution is 5.63. The van der Waals surface area contributed by atoms with E-state index in [0.29, 0.717) is 17.9 Å². The molecule has 3 aliphatic rings. The lowest BCUT2D eigenvalue weighted by Crippen LogP contribution is -2.49. The van der Waals surface area contributed by atoms with Crippen molar-refractivity contribution in [2.45, 2.75) is 50.5 Å². The summed E-state index contributed by atoms with van der Waals surface area (Å²) >= 11 is 0. The van der Waals surface area contributed by atoms with Gasteiger partial charge in [-0.15, -0.1) is 0 Å². The maximum absolute atomic E-state index is 12.2. The molecule has 2 aromatic heterocycles. The van der Waals surface area contributed by atoms with Crippen LogP contribution in [0, 0.1) is 22.7 Å². The average Bonchev–Trinajstić information content (AvgIpc) is 3.55. The number of nitrogens with zero attached hydrogens (tertiary/aromatic N) is 4. The lowest BCUT2D eigenvalue weighted by atomic mass is 9.61. The predicted molar refractivity (Wildman–Crippen MR) is 122 cm³/mol. The Morgan fingerprint density at radius 3 is 2.81 bits per heavy atom. The fourth-order valence-electron chi connectivity index (χ4n) is 6.30. The van der Waals surface area contributed by atoms with Crippen LogP contribution in [0.5, 0.6) is 0 Å². The molecule has 2 saturated carbocycles. The van der Waals surface area contributed by atoms with Crippen LogP contribution in [0.15, 0.2) is 60.6 Å². The van der Waals surface area contributed by atoms with Crippen molar-refractivity contribution in [2.24, 2.45) is 11.3 Å². The first-order valence-corrected chi connectivity index (χ1v) is 11.5. The molecule has 3 aromatic rings. The summed E-state index contributed by atoms with van der Waals surface area (Å²) < 4.78 is 1.98. The van der Waals surface area contributed by atoms with Gasteiger partial charge in [0.25, 0.3) is 0 Å². The number of aromatic nitrogens is 3. The molecule has 5 nitrogen and oxygen atoms in total. The fourth-order valence-corrected chi connectivity index (χ4v) is 6.30.